The van der Waals surface area contributed by atoms with Crippen LogP contribution in [0.3, 0.4) is 0 Å². The Morgan fingerprint density at radius 2 is 2.08 bits per heavy atom. The molecule has 0 aliphatic heterocycles. The first kappa shape index (κ1) is 10.3. The highest BCUT2D eigenvalue weighted by atomic mass is 79.9. The van der Waals surface area contributed by atoms with E-state index in [1.807, 2.05) is 0 Å². The Bertz CT molecular complexity index is 294. The summed E-state index contributed by atoms with van der Waals surface area (Å²) in [6.07, 6.45) is -5.14. The molecule has 1 aromatic heterocycles. The van der Waals surface area contributed by atoms with E-state index in [2.05, 4.69) is 26.0 Å². The van der Waals surface area contributed by atoms with Crippen molar-refractivity contribution >= 4 is 21.9 Å². The number of nitrogens with two attached hydrogens (primary N) is 1. The highest BCUT2D eigenvalue weighted by Crippen LogP contribution is 2.21. The molecule has 0 fully saturated rings. The number of aryl methyl sites for hydroxylation is 1. The number of nitrogens with zero attached hydrogens (tertiary/aromatic N) is 3. The van der Waals surface area contributed by atoms with Gasteiger partial charge in [0.05, 0.1) is 13.0 Å². The molecule has 4 nitrogen and oxygen atoms in total. The highest BCUT2D eigenvalue weighted by molar-refractivity contribution is 9.10. The normalized spacial score (nSPS) is 12.0. The molecule has 2 N–H and O–H groups in total. The Kier molecular flexibility index (Phi) is 2.79. The summed E-state index contributed by atoms with van der Waals surface area (Å²) in [7, 11) is 0. The highest BCUT2D eigenvalue weighted by Gasteiger charge is 2.27. The molecular formula is C5H6BrF3N4. The van der Waals surface area contributed by atoms with Gasteiger partial charge in [0.25, 0.3) is 0 Å². The minimum atomic E-state index is -4.19. The summed E-state index contributed by atoms with van der Waals surface area (Å²) in [5.74, 6) is -0.0472. The SMILES string of the molecule is Nc1nc(Br)n(CCC(F)(F)F)n1. The summed E-state index contributed by atoms with van der Waals surface area (Å²) < 4.78 is 36.6. The van der Waals surface area contributed by atoms with Crippen LogP contribution in [-0.4, -0.2) is 20.9 Å². The molecule has 0 bridgehead atoms. The number of rotatable bonds is 2. The maximum atomic E-state index is 11.8. The van der Waals surface area contributed by atoms with E-state index < -0.39 is 12.6 Å². The van der Waals surface area contributed by atoms with Crippen molar-refractivity contribution in [3.8, 4) is 0 Å². The number of alkyl halides is 3. The average Bonchev–Trinajstić information content (AvgIpc) is 2.24. The predicted molar refractivity (Wildman–Crippen MR) is 42.8 cm³/mol. The third-order valence-corrected chi connectivity index (χ3v) is 1.84. The number of anilines is 1. The van der Waals surface area contributed by atoms with Crippen LogP contribution < -0.4 is 5.73 Å². The summed E-state index contributed by atoms with van der Waals surface area (Å²) >= 11 is 2.93. The van der Waals surface area contributed by atoms with Gasteiger partial charge in [-0.3, -0.25) is 0 Å². The van der Waals surface area contributed by atoms with Crippen molar-refractivity contribution in [2.24, 2.45) is 0 Å². The fraction of sp³-hybridized carbons (Fsp3) is 0.600. The van der Waals surface area contributed by atoms with Gasteiger partial charge in [-0.2, -0.15) is 18.2 Å². The number of hydrogen-bond donors (Lipinski definition) is 1. The maximum absolute atomic E-state index is 11.8. The van der Waals surface area contributed by atoms with Gasteiger partial charge in [0.1, 0.15) is 0 Å². The summed E-state index contributed by atoms with van der Waals surface area (Å²) in [5, 5.41) is 3.55. The van der Waals surface area contributed by atoms with Crippen molar-refractivity contribution in [1.82, 2.24) is 14.8 Å². The molecule has 13 heavy (non-hydrogen) atoms. The van der Waals surface area contributed by atoms with Crippen molar-refractivity contribution in [3.05, 3.63) is 4.73 Å². The van der Waals surface area contributed by atoms with Crippen molar-refractivity contribution < 1.29 is 13.2 Å². The summed E-state index contributed by atoms with van der Waals surface area (Å²) in [5.41, 5.74) is 5.16. The van der Waals surface area contributed by atoms with E-state index in [4.69, 9.17) is 5.73 Å². The Morgan fingerprint density at radius 1 is 1.46 bits per heavy atom. The van der Waals surface area contributed by atoms with Crippen LogP contribution in [0.15, 0.2) is 4.73 Å². The number of hydrogen-bond acceptors (Lipinski definition) is 3. The molecule has 0 saturated heterocycles. The molecular weight excluding hydrogens is 253 g/mol. The predicted octanol–water partition coefficient (Wildman–Crippen LogP) is 1.58. The topological polar surface area (TPSA) is 56.7 Å². The fourth-order valence-corrected chi connectivity index (χ4v) is 1.15. The quantitative estimate of drug-likeness (QED) is 0.877. The Balaban J connectivity index is 2.59. The zero-order chi connectivity index (χ0) is 10.1. The number of nitrogen functional groups attached to an aromatic ring is 1. The number of aromatic nitrogens is 3. The van der Waals surface area contributed by atoms with E-state index in [1.165, 1.54) is 0 Å². The first-order chi connectivity index (χ1) is 5.88. The minimum absolute atomic E-state index is 0.0472. The first-order valence-electron chi connectivity index (χ1n) is 3.31. The smallest absolute Gasteiger partial charge is 0.366 e. The van der Waals surface area contributed by atoms with E-state index in [0.717, 1.165) is 4.68 Å². The largest absolute Gasteiger partial charge is 0.390 e. The molecule has 0 aliphatic rings. The lowest BCUT2D eigenvalue weighted by atomic mass is 10.4. The lowest BCUT2D eigenvalue weighted by Crippen LogP contribution is -2.13. The Hall–Kier alpha value is -0.790. The van der Waals surface area contributed by atoms with Gasteiger partial charge in [-0.25, -0.2) is 4.68 Å². The Labute approximate surface area is 80.1 Å². The molecule has 0 saturated carbocycles. The molecule has 0 atom stereocenters. The van der Waals surface area contributed by atoms with Crippen LogP contribution in [0.1, 0.15) is 6.42 Å². The average molecular weight is 259 g/mol. The van der Waals surface area contributed by atoms with E-state index in [-0.39, 0.29) is 17.2 Å². The van der Waals surface area contributed by atoms with Gasteiger partial charge in [0.15, 0.2) is 4.73 Å². The second-order valence-corrected chi connectivity index (χ2v) is 3.04. The van der Waals surface area contributed by atoms with Gasteiger partial charge < -0.3 is 5.73 Å². The lowest BCUT2D eigenvalue weighted by Gasteiger charge is -2.05. The van der Waals surface area contributed by atoms with Crippen LogP contribution in [0.5, 0.6) is 0 Å². The lowest BCUT2D eigenvalue weighted by molar-refractivity contribution is -0.137. The summed E-state index contributed by atoms with van der Waals surface area (Å²) in [6.45, 7) is -0.283. The van der Waals surface area contributed by atoms with E-state index in [9.17, 15) is 13.2 Å². The van der Waals surface area contributed by atoms with Crippen LogP contribution in [0.2, 0.25) is 0 Å². The maximum Gasteiger partial charge on any atom is 0.390 e. The van der Waals surface area contributed by atoms with Crippen molar-refractivity contribution in [1.29, 1.82) is 0 Å². The molecule has 0 amide bonds. The molecule has 0 radical (unpaired) electrons. The Morgan fingerprint density at radius 3 is 2.46 bits per heavy atom. The molecule has 0 unspecified atom stereocenters. The van der Waals surface area contributed by atoms with Gasteiger partial charge in [-0.1, -0.05) is 0 Å². The molecule has 74 valence electrons. The van der Waals surface area contributed by atoms with E-state index in [0.29, 0.717) is 0 Å². The van der Waals surface area contributed by atoms with Crippen molar-refractivity contribution in [2.45, 2.75) is 19.1 Å². The molecule has 1 rings (SSSR count). The van der Waals surface area contributed by atoms with E-state index >= 15 is 0 Å². The van der Waals surface area contributed by atoms with Crippen LogP contribution in [-0.2, 0) is 6.54 Å². The van der Waals surface area contributed by atoms with Gasteiger partial charge in [-0.15, -0.1) is 5.10 Å². The molecule has 0 aromatic carbocycles. The zero-order valence-electron chi connectivity index (χ0n) is 6.35. The molecule has 0 aliphatic carbocycles. The van der Waals surface area contributed by atoms with Crippen LogP contribution in [0.4, 0.5) is 19.1 Å². The van der Waals surface area contributed by atoms with Gasteiger partial charge in [0, 0.05) is 0 Å². The molecule has 8 heteroatoms. The summed E-state index contributed by atoms with van der Waals surface area (Å²) in [6, 6.07) is 0. The second kappa shape index (κ2) is 3.52. The van der Waals surface area contributed by atoms with Crippen LogP contribution >= 0.6 is 15.9 Å². The molecule has 1 aromatic rings. The van der Waals surface area contributed by atoms with Gasteiger partial charge >= 0.3 is 6.18 Å². The van der Waals surface area contributed by atoms with Gasteiger partial charge in [0.2, 0.25) is 5.95 Å². The molecule has 0 spiro atoms. The van der Waals surface area contributed by atoms with Crippen molar-refractivity contribution in [3.63, 3.8) is 0 Å². The standard InChI is InChI=1S/C5H6BrF3N4/c6-3-11-4(10)12-13(3)2-1-5(7,8)9/h1-2H2,(H2,10,12). The number of halogens is 4. The zero-order valence-corrected chi connectivity index (χ0v) is 7.93. The van der Waals surface area contributed by atoms with E-state index in [1.54, 1.807) is 0 Å². The monoisotopic (exact) mass is 258 g/mol. The van der Waals surface area contributed by atoms with Crippen molar-refractivity contribution in [2.75, 3.05) is 5.73 Å². The third-order valence-electron chi connectivity index (χ3n) is 1.25. The minimum Gasteiger partial charge on any atom is -0.366 e. The molecule has 1 heterocycles. The fourth-order valence-electron chi connectivity index (χ4n) is 0.714. The second-order valence-electron chi connectivity index (χ2n) is 2.33. The summed E-state index contributed by atoms with van der Waals surface area (Å²) in [4.78, 5) is 3.59. The van der Waals surface area contributed by atoms with Gasteiger partial charge in [-0.05, 0) is 15.9 Å². The third kappa shape index (κ3) is 3.21. The van der Waals surface area contributed by atoms with Crippen LogP contribution in [0.25, 0.3) is 0 Å². The van der Waals surface area contributed by atoms with Crippen LogP contribution in [0, 0.1) is 0 Å². The first-order valence-corrected chi connectivity index (χ1v) is 4.10.